The van der Waals surface area contributed by atoms with Crippen molar-refractivity contribution in [1.82, 2.24) is 20.9 Å². The van der Waals surface area contributed by atoms with Crippen LogP contribution in [0, 0.1) is 0 Å². The fraction of sp³-hybridized carbons (Fsp3) is 0.103. The second-order valence-corrected chi connectivity index (χ2v) is 8.15. The van der Waals surface area contributed by atoms with Crippen LogP contribution in [-0.4, -0.2) is 35.9 Å². The molecule has 3 N–H and O–H groups in total. The molecule has 0 radical (unpaired) electrons. The molecule has 0 atom stereocenters. The monoisotopic (exact) mass is 550 g/mol. The molecule has 1 aromatic heterocycles. The lowest BCUT2D eigenvalue weighted by Crippen LogP contribution is -2.28. The van der Waals surface area contributed by atoms with Crippen molar-refractivity contribution >= 4 is 28.5 Å². The number of amides is 3. The largest absolute Gasteiger partial charge is 0.457 e. The number of pyridine rings is 1. The number of carbonyl (C=O) groups is 3. The summed E-state index contributed by atoms with van der Waals surface area (Å²) in [5.41, 5.74) is -1.58. The van der Waals surface area contributed by atoms with E-state index in [4.69, 9.17) is 4.74 Å². The second-order valence-electron chi connectivity index (χ2n) is 8.15. The van der Waals surface area contributed by atoms with Gasteiger partial charge >= 0.3 is 6.18 Å². The van der Waals surface area contributed by atoms with Crippen molar-refractivity contribution in [3.8, 4) is 11.5 Å². The van der Waals surface area contributed by atoms with Crippen LogP contribution in [0.5, 0.6) is 11.5 Å². The van der Waals surface area contributed by atoms with E-state index < -0.39 is 29.3 Å². The van der Waals surface area contributed by atoms with Gasteiger partial charge < -0.3 is 20.7 Å². The molecule has 3 rings (SSSR count). The Bertz CT molecular complexity index is 1560. The van der Waals surface area contributed by atoms with E-state index in [0.717, 1.165) is 18.2 Å². The van der Waals surface area contributed by atoms with Gasteiger partial charge in [-0.05, 0) is 42.7 Å². The number of benzene rings is 2. The lowest BCUT2D eigenvalue weighted by atomic mass is 10.0. The van der Waals surface area contributed by atoms with Crippen molar-refractivity contribution in [1.29, 1.82) is 0 Å². The smallest absolute Gasteiger partial charge is 0.418 e. The molecule has 206 valence electrons. The number of hydrogen-bond acceptors (Lipinski definition) is 5. The minimum absolute atomic E-state index is 0.155. The third-order valence-electron chi connectivity index (χ3n) is 5.47. The van der Waals surface area contributed by atoms with Crippen LogP contribution in [0.1, 0.15) is 27.8 Å². The predicted molar refractivity (Wildman–Crippen MR) is 144 cm³/mol. The Balaban J connectivity index is 1.92. The zero-order valence-corrected chi connectivity index (χ0v) is 21.6. The number of halogens is 3. The van der Waals surface area contributed by atoms with Crippen molar-refractivity contribution in [3.05, 3.63) is 114 Å². The van der Waals surface area contributed by atoms with Gasteiger partial charge in [-0.3, -0.25) is 19.4 Å². The van der Waals surface area contributed by atoms with Gasteiger partial charge in [-0.1, -0.05) is 43.5 Å². The Hall–Kier alpha value is -5.19. The maximum Gasteiger partial charge on any atom is 0.418 e. The summed E-state index contributed by atoms with van der Waals surface area (Å²) in [5.74, 6) is -1.18. The molecule has 11 heteroatoms. The summed E-state index contributed by atoms with van der Waals surface area (Å²) >= 11 is 0. The van der Waals surface area contributed by atoms with Crippen LogP contribution in [0.25, 0.3) is 10.8 Å². The summed E-state index contributed by atoms with van der Waals surface area (Å²) in [5, 5.41) is 8.09. The fourth-order valence-corrected chi connectivity index (χ4v) is 3.68. The topological polar surface area (TPSA) is 109 Å². The average molecular weight is 551 g/mol. The molecule has 0 aliphatic heterocycles. The number of fused-ring (bicyclic) bond motifs is 1. The van der Waals surface area contributed by atoms with Crippen LogP contribution in [0.4, 0.5) is 13.2 Å². The van der Waals surface area contributed by atoms with Gasteiger partial charge in [0, 0.05) is 36.0 Å². The molecule has 0 bridgehead atoms. The van der Waals surface area contributed by atoms with Gasteiger partial charge in [0.15, 0.2) is 0 Å². The molecule has 0 aliphatic carbocycles. The Labute approximate surface area is 227 Å². The molecule has 0 saturated heterocycles. The number of alkyl halides is 3. The van der Waals surface area contributed by atoms with E-state index in [1.807, 2.05) is 0 Å². The first-order valence-electron chi connectivity index (χ1n) is 11.8. The predicted octanol–water partition coefficient (Wildman–Crippen LogP) is 5.32. The number of carbonyl (C=O) groups excluding carboxylic acids is 3. The van der Waals surface area contributed by atoms with Gasteiger partial charge in [0.1, 0.15) is 17.2 Å². The van der Waals surface area contributed by atoms with Gasteiger partial charge in [0.2, 0.25) is 5.91 Å². The minimum Gasteiger partial charge on any atom is -0.457 e. The summed E-state index contributed by atoms with van der Waals surface area (Å²) in [7, 11) is 1.48. The van der Waals surface area contributed by atoms with Crippen LogP contribution < -0.4 is 20.7 Å². The Morgan fingerprint density at radius 2 is 1.70 bits per heavy atom. The summed E-state index contributed by atoms with van der Waals surface area (Å²) < 4.78 is 46.5. The van der Waals surface area contributed by atoms with E-state index in [1.165, 1.54) is 32.3 Å². The molecule has 0 spiro atoms. The molecule has 0 fully saturated rings. The quantitative estimate of drug-likeness (QED) is 0.247. The highest BCUT2D eigenvalue weighted by Crippen LogP contribution is 2.32. The van der Waals surface area contributed by atoms with Crippen molar-refractivity contribution in [3.63, 3.8) is 0 Å². The zero-order valence-electron chi connectivity index (χ0n) is 21.6. The summed E-state index contributed by atoms with van der Waals surface area (Å²) in [6, 6.07) is 12.9. The Morgan fingerprint density at radius 3 is 2.35 bits per heavy atom. The Morgan fingerprint density at radius 1 is 1.00 bits per heavy atom. The molecule has 2 aromatic carbocycles. The Kier molecular flexibility index (Phi) is 9.23. The van der Waals surface area contributed by atoms with Gasteiger partial charge in [-0.2, -0.15) is 13.2 Å². The molecule has 0 aliphatic rings. The number of rotatable bonds is 9. The first-order valence-corrected chi connectivity index (χ1v) is 11.8. The zero-order chi connectivity index (χ0) is 29.4. The van der Waals surface area contributed by atoms with Gasteiger partial charge in [-0.15, -0.1) is 0 Å². The maximum absolute atomic E-state index is 13.5. The first kappa shape index (κ1) is 29.4. The van der Waals surface area contributed by atoms with Crippen molar-refractivity contribution in [2.75, 3.05) is 7.05 Å². The van der Waals surface area contributed by atoms with Crippen molar-refractivity contribution in [2.45, 2.75) is 13.1 Å². The van der Waals surface area contributed by atoms with E-state index in [-0.39, 0.29) is 22.9 Å². The molecule has 8 nitrogen and oxygen atoms in total. The van der Waals surface area contributed by atoms with E-state index >= 15 is 0 Å². The first-order chi connectivity index (χ1) is 19.0. The minimum atomic E-state index is -4.78. The van der Waals surface area contributed by atoms with Crippen molar-refractivity contribution < 1.29 is 32.3 Å². The standard InChI is InChI=1S/C29H25F3N4O4/c1-5-22(29(30,31)32)23(36-26(37)6-2)15-17(3)35-27(38)21-11-7-10-20-19(21)9-8-12-25(20)40-18-13-14-34-24(16-18)28(39)33-4/h5-16H,2-3H2,1,4H3,(H,33,39)(H,35,38)(H,36,37)/b22-5+,23-15+. The lowest BCUT2D eigenvalue weighted by molar-refractivity contribution is -0.116. The molecule has 40 heavy (non-hydrogen) atoms. The van der Waals surface area contributed by atoms with Gasteiger partial charge in [0.25, 0.3) is 11.8 Å². The van der Waals surface area contributed by atoms with Crippen LogP contribution in [0.2, 0.25) is 0 Å². The summed E-state index contributed by atoms with van der Waals surface area (Å²) in [6.07, 6.45) is -0.833. The highest BCUT2D eigenvalue weighted by molar-refractivity contribution is 6.09. The number of nitrogens with zero attached hydrogens (tertiary/aromatic N) is 1. The van der Waals surface area contributed by atoms with E-state index in [9.17, 15) is 27.6 Å². The number of aromatic nitrogens is 1. The van der Waals surface area contributed by atoms with Crippen LogP contribution in [-0.2, 0) is 4.79 Å². The molecular formula is C29H25F3N4O4. The van der Waals surface area contributed by atoms with Crippen LogP contribution in [0.3, 0.4) is 0 Å². The second kappa shape index (κ2) is 12.6. The number of hydrogen-bond donors (Lipinski definition) is 3. The normalized spacial score (nSPS) is 11.9. The summed E-state index contributed by atoms with van der Waals surface area (Å²) in [4.78, 5) is 40.8. The van der Waals surface area contributed by atoms with Gasteiger partial charge in [0.05, 0.1) is 11.3 Å². The third kappa shape index (κ3) is 7.01. The molecular weight excluding hydrogens is 525 g/mol. The fourth-order valence-electron chi connectivity index (χ4n) is 3.68. The van der Waals surface area contributed by atoms with E-state index in [2.05, 4.69) is 34.1 Å². The van der Waals surface area contributed by atoms with Crippen LogP contribution in [0.15, 0.2) is 103 Å². The third-order valence-corrected chi connectivity index (χ3v) is 5.47. The van der Waals surface area contributed by atoms with E-state index in [0.29, 0.717) is 22.3 Å². The van der Waals surface area contributed by atoms with Crippen LogP contribution >= 0.6 is 0 Å². The average Bonchev–Trinajstić information content (AvgIpc) is 2.91. The summed E-state index contributed by atoms with van der Waals surface area (Å²) in [6.45, 7) is 8.04. The molecule has 3 aromatic rings. The highest BCUT2D eigenvalue weighted by atomic mass is 19.4. The maximum atomic E-state index is 13.5. The highest BCUT2D eigenvalue weighted by Gasteiger charge is 2.36. The molecule has 3 amide bonds. The molecule has 0 unspecified atom stereocenters. The van der Waals surface area contributed by atoms with E-state index in [1.54, 1.807) is 36.4 Å². The molecule has 0 saturated carbocycles. The molecule has 1 heterocycles. The van der Waals surface area contributed by atoms with Crippen molar-refractivity contribution in [2.24, 2.45) is 0 Å². The van der Waals surface area contributed by atoms with Gasteiger partial charge in [-0.25, -0.2) is 0 Å². The SMILES string of the molecule is C=CC(=O)NC(=C/C(=C)NC(=O)c1cccc2c(Oc3ccnc(C(=O)NC)c3)cccc12)/C(=C\C)C(F)(F)F. The number of nitrogens with one attached hydrogen (secondary N) is 3. The number of allylic oxidation sites excluding steroid dienone is 3. The number of ether oxygens (including phenoxy) is 1. The lowest BCUT2D eigenvalue weighted by Gasteiger charge is -2.17.